The van der Waals surface area contributed by atoms with Crippen molar-refractivity contribution < 1.29 is 13.6 Å². The quantitative estimate of drug-likeness (QED) is 0.330. The number of hydrogen-bond donors (Lipinski definition) is 0. The first-order valence-electron chi connectivity index (χ1n) is 9.09. The van der Waals surface area contributed by atoms with Crippen molar-refractivity contribution in [2.45, 2.75) is 52.4 Å². The van der Waals surface area contributed by atoms with Crippen molar-refractivity contribution in [1.29, 1.82) is 0 Å². The maximum Gasteiger partial charge on any atom is 0.379 e. The molecule has 2 aromatic rings. The Morgan fingerprint density at radius 3 is 2.42 bits per heavy atom. The van der Waals surface area contributed by atoms with E-state index in [9.17, 15) is 4.57 Å². The summed E-state index contributed by atoms with van der Waals surface area (Å²) in [7, 11) is -3.11. The summed E-state index contributed by atoms with van der Waals surface area (Å²) in [5.74, 6) is 0.654. The predicted molar refractivity (Wildman–Crippen MR) is 102 cm³/mol. The summed E-state index contributed by atoms with van der Waals surface area (Å²) in [6.45, 7) is 4.77. The lowest BCUT2D eigenvalue weighted by molar-refractivity contribution is 0.258. The molecule has 132 valence electrons. The smallest absolute Gasteiger partial charge is 0.379 e. The van der Waals surface area contributed by atoms with Crippen molar-refractivity contribution in [3.05, 3.63) is 42.5 Å². The predicted octanol–water partition coefficient (Wildman–Crippen LogP) is 6.81. The third-order valence-corrected chi connectivity index (χ3v) is 5.97. The van der Waals surface area contributed by atoms with Crippen LogP contribution in [0.3, 0.4) is 0 Å². The average molecular weight is 348 g/mol. The molecule has 0 fully saturated rings. The summed E-state index contributed by atoms with van der Waals surface area (Å²) in [5, 5.41) is 2.06. The lowest BCUT2D eigenvalue weighted by atomic mass is 10.1. The van der Waals surface area contributed by atoms with Crippen molar-refractivity contribution in [3.8, 4) is 5.75 Å². The summed E-state index contributed by atoms with van der Waals surface area (Å²) >= 11 is 0. The van der Waals surface area contributed by atoms with E-state index < -0.39 is 7.60 Å². The van der Waals surface area contributed by atoms with Gasteiger partial charge in [-0.2, -0.15) is 0 Å². The van der Waals surface area contributed by atoms with Crippen LogP contribution in [0.1, 0.15) is 52.4 Å². The van der Waals surface area contributed by atoms with Crippen LogP contribution in [-0.2, 0) is 9.09 Å². The van der Waals surface area contributed by atoms with Crippen LogP contribution in [0.25, 0.3) is 10.8 Å². The molecule has 0 aliphatic heterocycles. The summed E-state index contributed by atoms with van der Waals surface area (Å²) < 4.78 is 24.9. The van der Waals surface area contributed by atoms with Crippen molar-refractivity contribution in [2.75, 3.05) is 12.8 Å². The van der Waals surface area contributed by atoms with Crippen LogP contribution in [0.2, 0.25) is 0 Å². The standard InChI is InChI=1S/C20H29O3P/c1-3-5-7-10-16-22-24(21,17-6-4-2)23-20-15-11-13-18-12-8-9-14-19(18)20/h8-9,11-15H,3-7,10,16-17H2,1-2H3. The van der Waals surface area contributed by atoms with Gasteiger partial charge in [-0.15, -0.1) is 0 Å². The second-order valence-electron chi connectivity index (χ2n) is 6.15. The van der Waals surface area contributed by atoms with Crippen LogP contribution < -0.4 is 4.52 Å². The number of benzene rings is 2. The molecule has 0 N–H and O–H groups in total. The molecule has 1 atom stereocenters. The Bertz CT molecular complexity index is 663. The highest BCUT2D eigenvalue weighted by atomic mass is 31.2. The van der Waals surface area contributed by atoms with Gasteiger partial charge in [0.15, 0.2) is 0 Å². The van der Waals surface area contributed by atoms with Crippen molar-refractivity contribution >= 4 is 18.4 Å². The molecule has 1 unspecified atom stereocenters. The van der Waals surface area contributed by atoms with E-state index in [-0.39, 0.29) is 0 Å². The SMILES string of the molecule is CCCCCCOP(=O)(CCCC)Oc1cccc2ccccc12. The fraction of sp³-hybridized carbons (Fsp3) is 0.500. The molecule has 3 nitrogen and oxygen atoms in total. The molecule has 0 spiro atoms. The van der Waals surface area contributed by atoms with Gasteiger partial charge in [0, 0.05) is 5.39 Å². The number of fused-ring (bicyclic) bond motifs is 1. The van der Waals surface area contributed by atoms with Gasteiger partial charge in [-0.3, -0.25) is 4.52 Å². The minimum absolute atomic E-state index is 0.473. The first-order valence-corrected chi connectivity index (χ1v) is 10.8. The zero-order valence-electron chi connectivity index (χ0n) is 14.9. The van der Waals surface area contributed by atoms with Crippen LogP contribution in [-0.4, -0.2) is 12.8 Å². The van der Waals surface area contributed by atoms with E-state index >= 15 is 0 Å². The molecule has 0 aliphatic rings. The average Bonchev–Trinajstić information content (AvgIpc) is 2.60. The molecule has 2 rings (SSSR count). The molecule has 2 aromatic carbocycles. The Labute approximate surface area is 145 Å². The molecule has 0 bridgehead atoms. The fourth-order valence-corrected chi connectivity index (χ4v) is 4.49. The lowest BCUT2D eigenvalue weighted by Gasteiger charge is -2.20. The molecular formula is C20H29O3P. The zero-order valence-corrected chi connectivity index (χ0v) is 15.8. The van der Waals surface area contributed by atoms with Crippen LogP contribution in [0.5, 0.6) is 5.75 Å². The third-order valence-electron chi connectivity index (χ3n) is 4.06. The van der Waals surface area contributed by atoms with Crippen LogP contribution >= 0.6 is 7.60 Å². The Morgan fingerprint density at radius 2 is 1.62 bits per heavy atom. The van der Waals surface area contributed by atoms with Gasteiger partial charge >= 0.3 is 7.60 Å². The lowest BCUT2D eigenvalue weighted by Crippen LogP contribution is -2.04. The van der Waals surface area contributed by atoms with E-state index in [4.69, 9.17) is 9.05 Å². The molecule has 0 saturated heterocycles. The van der Waals surface area contributed by atoms with Gasteiger partial charge in [0.1, 0.15) is 5.75 Å². The van der Waals surface area contributed by atoms with Crippen molar-refractivity contribution in [3.63, 3.8) is 0 Å². The first-order chi connectivity index (χ1) is 11.7. The van der Waals surface area contributed by atoms with Gasteiger partial charge in [-0.1, -0.05) is 75.9 Å². The molecule has 24 heavy (non-hydrogen) atoms. The second-order valence-corrected chi connectivity index (χ2v) is 8.26. The highest BCUT2D eigenvalue weighted by Crippen LogP contribution is 2.50. The second kappa shape index (κ2) is 9.86. The Hall–Kier alpha value is -1.31. The largest absolute Gasteiger partial charge is 0.424 e. The van der Waals surface area contributed by atoms with Gasteiger partial charge in [0.2, 0.25) is 0 Å². The van der Waals surface area contributed by atoms with Gasteiger partial charge in [0.25, 0.3) is 0 Å². The van der Waals surface area contributed by atoms with E-state index in [0.29, 0.717) is 18.5 Å². The molecule has 0 aliphatic carbocycles. The highest BCUT2D eigenvalue weighted by molar-refractivity contribution is 7.54. The Balaban J connectivity index is 2.10. The first kappa shape index (κ1) is 19.0. The van der Waals surface area contributed by atoms with Crippen molar-refractivity contribution in [2.24, 2.45) is 0 Å². The Morgan fingerprint density at radius 1 is 0.875 bits per heavy atom. The Kier molecular flexibility index (Phi) is 7.81. The molecule has 0 amide bonds. The molecule has 0 radical (unpaired) electrons. The summed E-state index contributed by atoms with van der Waals surface area (Å²) in [4.78, 5) is 0. The fourth-order valence-electron chi connectivity index (χ4n) is 2.65. The summed E-state index contributed by atoms with van der Waals surface area (Å²) in [6.07, 6.45) is 6.70. The number of hydrogen-bond acceptors (Lipinski definition) is 3. The van der Waals surface area contributed by atoms with E-state index in [1.165, 1.54) is 12.8 Å². The molecule has 0 aromatic heterocycles. The van der Waals surface area contributed by atoms with E-state index in [2.05, 4.69) is 13.8 Å². The molecule has 0 saturated carbocycles. The number of rotatable bonds is 11. The van der Waals surface area contributed by atoms with E-state index in [1.54, 1.807) is 0 Å². The highest BCUT2D eigenvalue weighted by Gasteiger charge is 2.26. The minimum atomic E-state index is -3.11. The van der Waals surface area contributed by atoms with E-state index in [1.807, 2.05) is 42.5 Å². The maximum atomic E-state index is 13.2. The van der Waals surface area contributed by atoms with Gasteiger partial charge in [-0.25, -0.2) is 4.57 Å². The van der Waals surface area contributed by atoms with E-state index in [0.717, 1.165) is 36.5 Å². The van der Waals surface area contributed by atoms with Crippen LogP contribution in [0.4, 0.5) is 0 Å². The topological polar surface area (TPSA) is 35.5 Å². The van der Waals surface area contributed by atoms with Gasteiger partial charge < -0.3 is 4.52 Å². The maximum absolute atomic E-state index is 13.2. The van der Waals surface area contributed by atoms with Crippen molar-refractivity contribution in [1.82, 2.24) is 0 Å². The molecule has 0 heterocycles. The monoisotopic (exact) mass is 348 g/mol. The zero-order chi connectivity index (χ0) is 17.3. The summed E-state index contributed by atoms with van der Waals surface area (Å²) in [6, 6.07) is 13.8. The summed E-state index contributed by atoms with van der Waals surface area (Å²) in [5.41, 5.74) is 0. The van der Waals surface area contributed by atoms with Gasteiger partial charge in [-0.05, 0) is 24.3 Å². The molecular weight excluding hydrogens is 319 g/mol. The van der Waals surface area contributed by atoms with Crippen LogP contribution in [0, 0.1) is 0 Å². The molecule has 4 heteroatoms. The van der Waals surface area contributed by atoms with Crippen LogP contribution in [0.15, 0.2) is 42.5 Å². The van der Waals surface area contributed by atoms with Gasteiger partial charge in [0.05, 0.1) is 12.8 Å². The normalized spacial score (nSPS) is 13.8. The minimum Gasteiger partial charge on any atom is -0.424 e. The third kappa shape index (κ3) is 5.65. The number of unbranched alkanes of at least 4 members (excludes halogenated alkanes) is 4.